The highest BCUT2D eigenvalue weighted by Crippen LogP contribution is 2.41. The quantitative estimate of drug-likeness (QED) is 0.496. The van der Waals surface area contributed by atoms with Crippen molar-refractivity contribution in [2.45, 2.75) is 39.7 Å². The van der Waals surface area contributed by atoms with Crippen molar-refractivity contribution < 1.29 is 28.2 Å². The number of imide groups is 2. The Morgan fingerprint density at radius 2 is 1.86 bits per heavy atom. The van der Waals surface area contributed by atoms with Crippen LogP contribution in [0.5, 0.6) is 11.5 Å². The van der Waals surface area contributed by atoms with E-state index in [1.807, 2.05) is 6.92 Å². The van der Waals surface area contributed by atoms with E-state index in [1.165, 1.54) is 24.3 Å². The summed E-state index contributed by atoms with van der Waals surface area (Å²) in [6.45, 7) is 8.96. The number of urea groups is 1. The Kier molecular flexibility index (Phi) is 5.58. The first-order valence-corrected chi connectivity index (χ1v) is 11.7. The van der Waals surface area contributed by atoms with E-state index < -0.39 is 23.7 Å². The Bertz CT molecular complexity index is 1380. The molecule has 36 heavy (non-hydrogen) atoms. The van der Waals surface area contributed by atoms with Gasteiger partial charge in [-0.05, 0) is 63.1 Å². The molecule has 8 nitrogen and oxygen atoms in total. The number of anilines is 2. The van der Waals surface area contributed by atoms with Gasteiger partial charge in [-0.2, -0.15) is 0 Å². The molecule has 3 aliphatic rings. The minimum absolute atomic E-state index is 0.0287. The van der Waals surface area contributed by atoms with Crippen LogP contribution in [0.2, 0.25) is 0 Å². The molecule has 2 aromatic rings. The number of allylic oxidation sites excluding steroid dienone is 1. The van der Waals surface area contributed by atoms with Gasteiger partial charge in [0.1, 0.15) is 11.4 Å². The SMILES string of the molecule is CCCN1c2cc(F)c(/C=C3/C(=O)NC(=O)N(c4ccc5c(c4)OCO5)C3=O)cc2C(C)=CC1(C)C. The zero-order valence-corrected chi connectivity index (χ0v) is 20.5. The fourth-order valence-electron chi connectivity index (χ4n) is 4.93. The molecular weight excluding hydrogens is 465 g/mol. The molecule has 1 fully saturated rings. The van der Waals surface area contributed by atoms with E-state index in [1.54, 1.807) is 12.1 Å². The van der Waals surface area contributed by atoms with Crippen LogP contribution in [-0.2, 0) is 9.59 Å². The van der Waals surface area contributed by atoms with Gasteiger partial charge < -0.3 is 14.4 Å². The maximum absolute atomic E-state index is 15.4. The average molecular weight is 492 g/mol. The minimum atomic E-state index is -0.900. The molecule has 0 unspecified atom stereocenters. The summed E-state index contributed by atoms with van der Waals surface area (Å²) in [4.78, 5) is 41.5. The summed E-state index contributed by atoms with van der Waals surface area (Å²) in [6, 6.07) is 6.74. The maximum Gasteiger partial charge on any atom is 0.335 e. The summed E-state index contributed by atoms with van der Waals surface area (Å²) in [7, 11) is 0. The molecular formula is C27H26FN3O5. The number of benzene rings is 2. The summed E-state index contributed by atoms with van der Waals surface area (Å²) in [5.41, 5.74) is 2.19. The van der Waals surface area contributed by atoms with Gasteiger partial charge in [0.2, 0.25) is 6.79 Å². The summed E-state index contributed by atoms with van der Waals surface area (Å²) < 4.78 is 26.0. The second-order valence-corrected chi connectivity index (χ2v) is 9.52. The normalized spacial score (nSPS) is 19.4. The lowest BCUT2D eigenvalue weighted by atomic mass is 9.87. The summed E-state index contributed by atoms with van der Waals surface area (Å²) in [5, 5.41) is 2.17. The standard InChI is InChI=1S/C27H26FN3O5/c1-5-8-30-21-12-20(28)16(9-18(21)15(2)13-27(30,3)4)10-19-24(32)29-26(34)31(25(19)33)17-6-7-22-23(11-17)36-14-35-22/h6-7,9-13H,5,8,14H2,1-4H3,(H,29,32,34)/b19-10-. The first kappa shape index (κ1) is 23.6. The highest BCUT2D eigenvalue weighted by Gasteiger charge is 2.38. The van der Waals surface area contributed by atoms with Gasteiger partial charge in [0.15, 0.2) is 11.5 Å². The zero-order valence-electron chi connectivity index (χ0n) is 20.5. The van der Waals surface area contributed by atoms with Crippen LogP contribution in [-0.4, -0.2) is 36.7 Å². The van der Waals surface area contributed by atoms with Crippen molar-refractivity contribution in [3.05, 3.63) is 58.9 Å². The molecule has 2 aromatic carbocycles. The Hall–Kier alpha value is -4.14. The van der Waals surface area contributed by atoms with Gasteiger partial charge in [-0.25, -0.2) is 14.1 Å². The van der Waals surface area contributed by atoms with E-state index in [0.29, 0.717) is 11.5 Å². The van der Waals surface area contributed by atoms with Crippen molar-refractivity contribution >= 4 is 40.9 Å². The summed E-state index contributed by atoms with van der Waals surface area (Å²) in [5.74, 6) is -1.46. The van der Waals surface area contributed by atoms with Crippen LogP contribution in [0.1, 0.15) is 45.2 Å². The van der Waals surface area contributed by atoms with Crippen LogP contribution >= 0.6 is 0 Å². The van der Waals surface area contributed by atoms with E-state index in [9.17, 15) is 14.4 Å². The topological polar surface area (TPSA) is 88.2 Å². The molecule has 3 heterocycles. The molecule has 0 saturated carbocycles. The van der Waals surface area contributed by atoms with Crippen molar-refractivity contribution in [2.24, 2.45) is 0 Å². The van der Waals surface area contributed by atoms with Crippen molar-refractivity contribution in [3.8, 4) is 11.5 Å². The van der Waals surface area contributed by atoms with Crippen LogP contribution in [0.4, 0.5) is 20.6 Å². The van der Waals surface area contributed by atoms with Gasteiger partial charge in [0.05, 0.1) is 11.2 Å². The number of hydrogen-bond acceptors (Lipinski definition) is 6. The molecule has 0 bridgehead atoms. The minimum Gasteiger partial charge on any atom is -0.454 e. The molecule has 0 radical (unpaired) electrons. The van der Waals surface area contributed by atoms with Crippen molar-refractivity contribution in [3.63, 3.8) is 0 Å². The van der Waals surface area contributed by atoms with E-state index in [0.717, 1.165) is 34.7 Å². The third-order valence-corrected chi connectivity index (χ3v) is 6.56. The maximum atomic E-state index is 15.4. The Labute approximate surface area is 208 Å². The van der Waals surface area contributed by atoms with E-state index in [2.05, 4.69) is 37.1 Å². The number of ether oxygens (including phenoxy) is 2. The Balaban J connectivity index is 1.55. The number of rotatable bonds is 4. The number of halogens is 1. The lowest BCUT2D eigenvalue weighted by Gasteiger charge is -2.43. The number of hydrogen-bond donors (Lipinski definition) is 1. The van der Waals surface area contributed by atoms with Crippen molar-refractivity contribution in [1.29, 1.82) is 0 Å². The molecule has 1 saturated heterocycles. The highest BCUT2D eigenvalue weighted by molar-refractivity contribution is 6.39. The molecule has 0 atom stereocenters. The lowest BCUT2D eigenvalue weighted by Crippen LogP contribution is -2.54. The second-order valence-electron chi connectivity index (χ2n) is 9.52. The van der Waals surface area contributed by atoms with E-state index >= 15 is 4.39 Å². The fourth-order valence-corrected chi connectivity index (χ4v) is 4.93. The van der Waals surface area contributed by atoms with Crippen LogP contribution in [0.25, 0.3) is 11.6 Å². The van der Waals surface area contributed by atoms with E-state index in [-0.39, 0.29) is 29.2 Å². The molecule has 0 aromatic heterocycles. The Morgan fingerprint density at radius 3 is 2.61 bits per heavy atom. The molecule has 4 amide bonds. The third-order valence-electron chi connectivity index (χ3n) is 6.56. The zero-order chi connectivity index (χ0) is 25.8. The number of fused-ring (bicyclic) bond motifs is 2. The van der Waals surface area contributed by atoms with Gasteiger partial charge in [-0.3, -0.25) is 14.9 Å². The number of nitrogens with one attached hydrogen (secondary N) is 1. The Morgan fingerprint density at radius 1 is 1.11 bits per heavy atom. The number of barbiturate groups is 1. The van der Waals surface area contributed by atoms with Crippen molar-refractivity contribution in [2.75, 3.05) is 23.1 Å². The largest absolute Gasteiger partial charge is 0.454 e. The van der Waals surface area contributed by atoms with Gasteiger partial charge in [-0.15, -0.1) is 0 Å². The van der Waals surface area contributed by atoms with Crippen LogP contribution in [0.3, 0.4) is 0 Å². The third kappa shape index (κ3) is 3.80. The summed E-state index contributed by atoms with van der Waals surface area (Å²) >= 11 is 0. The van der Waals surface area contributed by atoms with Gasteiger partial charge in [0, 0.05) is 29.4 Å². The number of amides is 4. The second kappa shape index (κ2) is 8.51. The molecule has 3 aliphatic heterocycles. The number of carbonyl (C=O) groups is 3. The van der Waals surface area contributed by atoms with Crippen molar-refractivity contribution in [1.82, 2.24) is 5.32 Å². The first-order chi connectivity index (χ1) is 17.1. The van der Waals surface area contributed by atoms with E-state index in [4.69, 9.17) is 9.47 Å². The van der Waals surface area contributed by atoms with Gasteiger partial charge in [0.25, 0.3) is 11.8 Å². The molecule has 1 N–H and O–H groups in total. The van der Waals surface area contributed by atoms with Gasteiger partial charge in [-0.1, -0.05) is 13.0 Å². The lowest BCUT2D eigenvalue weighted by molar-refractivity contribution is -0.122. The smallest absolute Gasteiger partial charge is 0.335 e. The van der Waals surface area contributed by atoms with Crippen LogP contribution in [0, 0.1) is 5.82 Å². The highest BCUT2D eigenvalue weighted by atomic mass is 19.1. The van der Waals surface area contributed by atoms with Crippen LogP contribution < -0.4 is 24.6 Å². The monoisotopic (exact) mass is 491 g/mol. The number of carbonyl (C=O) groups excluding carboxylic acids is 3. The predicted molar refractivity (Wildman–Crippen MR) is 133 cm³/mol. The first-order valence-electron chi connectivity index (χ1n) is 11.7. The predicted octanol–water partition coefficient (Wildman–Crippen LogP) is 4.63. The molecule has 0 aliphatic carbocycles. The molecule has 0 spiro atoms. The van der Waals surface area contributed by atoms with Gasteiger partial charge >= 0.3 is 6.03 Å². The molecule has 9 heteroatoms. The average Bonchev–Trinajstić information content (AvgIpc) is 3.27. The molecule has 186 valence electrons. The summed E-state index contributed by atoms with van der Waals surface area (Å²) in [6.07, 6.45) is 4.21. The number of nitrogens with zero attached hydrogens (tertiary/aromatic N) is 2. The fraction of sp³-hybridized carbons (Fsp3) is 0.296. The molecule has 5 rings (SSSR count). The van der Waals surface area contributed by atoms with Crippen LogP contribution in [0.15, 0.2) is 42.0 Å².